The maximum absolute atomic E-state index is 12.7. The Morgan fingerprint density at radius 1 is 1.26 bits per heavy atom. The van der Waals surface area contributed by atoms with E-state index in [-0.39, 0.29) is 17.2 Å². The molecule has 1 aromatic carbocycles. The molecule has 0 saturated carbocycles. The summed E-state index contributed by atoms with van der Waals surface area (Å²) >= 11 is 1.32. The highest BCUT2D eigenvalue weighted by atomic mass is 32.2. The summed E-state index contributed by atoms with van der Waals surface area (Å²) < 4.78 is 1.61. The third-order valence-electron chi connectivity index (χ3n) is 4.43. The normalized spacial score (nSPS) is 11.1. The topological polar surface area (TPSA) is 71.0 Å². The van der Waals surface area contributed by atoms with Crippen LogP contribution in [0.15, 0.2) is 46.3 Å². The molecule has 0 spiro atoms. The van der Waals surface area contributed by atoms with Gasteiger partial charge in [0, 0.05) is 25.3 Å². The van der Waals surface area contributed by atoms with Gasteiger partial charge in [-0.3, -0.25) is 14.2 Å². The lowest BCUT2D eigenvalue weighted by Gasteiger charge is -2.21. The van der Waals surface area contributed by atoms with Crippen molar-refractivity contribution in [3.05, 3.63) is 58.0 Å². The fourth-order valence-corrected chi connectivity index (χ4v) is 3.96. The number of aromatic amines is 1. The van der Waals surface area contributed by atoms with Gasteiger partial charge in [0.2, 0.25) is 5.91 Å². The summed E-state index contributed by atoms with van der Waals surface area (Å²) in [4.78, 5) is 34.8. The first kappa shape index (κ1) is 19.2. The van der Waals surface area contributed by atoms with E-state index in [9.17, 15) is 9.59 Å². The number of thioether (sulfide) groups is 1. The van der Waals surface area contributed by atoms with Crippen LogP contribution in [0.4, 0.5) is 0 Å². The second kappa shape index (κ2) is 8.43. The molecule has 1 N–H and O–H groups in total. The van der Waals surface area contributed by atoms with Gasteiger partial charge in [-0.05, 0) is 32.4 Å². The fourth-order valence-electron chi connectivity index (χ4n) is 3.00. The number of amides is 1. The third-order valence-corrected chi connectivity index (χ3v) is 5.39. The van der Waals surface area contributed by atoms with Crippen molar-refractivity contribution in [2.45, 2.75) is 39.0 Å². The Morgan fingerprint density at radius 2 is 2.00 bits per heavy atom. The lowest BCUT2D eigenvalue weighted by molar-refractivity contribution is -0.128. The molecule has 7 heteroatoms. The number of hydrogen-bond acceptors (Lipinski definition) is 4. The second-order valence-corrected chi connectivity index (χ2v) is 7.28. The first-order chi connectivity index (χ1) is 13.0. The average Bonchev–Trinajstić information content (AvgIpc) is 3.05. The predicted octanol–water partition coefficient (Wildman–Crippen LogP) is 3.19. The standard InChI is InChI=1S/C20H24N4O2S/c1-4-23(12-15-9-7-6-8-10-15)17(25)13-27-20-22-16-11-14(3)21-18(16)19(26)24(20)5-2/h6-11,21H,4-5,12-13H2,1-3H3. The summed E-state index contributed by atoms with van der Waals surface area (Å²) in [7, 11) is 0. The van der Waals surface area contributed by atoms with Crippen molar-refractivity contribution in [3.8, 4) is 0 Å². The van der Waals surface area contributed by atoms with Crippen molar-refractivity contribution < 1.29 is 4.79 Å². The van der Waals surface area contributed by atoms with Crippen molar-refractivity contribution in [3.63, 3.8) is 0 Å². The largest absolute Gasteiger partial charge is 0.353 e. The van der Waals surface area contributed by atoms with Crippen molar-refractivity contribution in [2.75, 3.05) is 12.3 Å². The quantitative estimate of drug-likeness (QED) is 0.502. The van der Waals surface area contributed by atoms with Crippen LogP contribution >= 0.6 is 11.8 Å². The maximum atomic E-state index is 12.7. The summed E-state index contributed by atoms with van der Waals surface area (Å²) in [5.41, 5.74) is 3.07. The molecule has 3 aromatic rings. The van der Waals surface area contributed by atoms with Crippen LogP contribution in [0.1, 0.15) is 25.1 Å². The van der Waals surface area contributed by atoms with Gasteiger partial charge in [-0.1, -0.05) is 42.1 Å². The minimum atomic E-state index is -0.0952. The summed E-state index contributed by atoms with van der Waals surface area (Å²) in [6.45, 7) is 7.51. The van der Waals surface area contributed by atoms with Crippen LogP contribution < -0.4 is 5.56 Å². The minimum Gasteiger partial charge on any atom is -0.353 e. The smallest absolute Gasteiger partial charge is 0.278 e. The molecule has 27 heavy (non-hydrogen) atoms. The Morgan fingerprint density at radius 3 is 2.67 bits per heavy atom. The number of hydrogen-bond donors (Lipinski definition) is 1. The summed E-state index contributed by atoms with van der Waals surface area (Å²) in [6, 6.07) is 11.8. The number of aryl methyl sites for hydroxylation is 1. The Hall–Kier alpha value is -2.54. The number of H-pyrrole nitrogens is 1. The molecule has 0 unspecified atom stereocenters. The van der Waals surface area contributed by atoms with Crippen LogP contribution in [0, 0.1) is 6.92 Å². The molecule has 0 radical (unpaired) electrons. The van der Waals surface area contributed by atoms with E-state index in [1.807, 2.05) is 62.1 Å². The summed E-state index contributed by atoms with van der Waals surface area (Å²) in [5.74, 6) is 0.288. The highest BCUT2D eigenvalue weighted by Gasteiger charge is 2.17. The van der Waals surface area contributed by atoms with E-state index in [2.05, 4.69) is 9.97 Å². The van der Waals surface area contributed by atoms with Crippen molar-refractivity contribution in [1.82, 2.24) is 19.4 Å². The van der Waals surface area contributed by atoms with E-state index in [4.69, 9.17) is 0 Å². The number of nitrogens with one attached hydrogen (secondary N) is 1. The lowest BCUT2D eigenvalue weighted by Crippen LogP contribution is -2.32. The number of benzene rings is 1. The van der Waals surface area contributed by atoms with E-state index in [0.717, 1.165) is 11.3 Å². The molecule has 0 fully saturated rings. The zero-order chi connectivity index (χ0) is 19.4. The molecule has 0 aliphatic carbocycles. The van der Waals surface area contributed by atoms with Crippen LogP contribution in [0.5, 0.6) is 0 Å². The number of aromatic nitrogens is 3. The van der Waals surface area contributed by atoms with Gasteiger partial charge < -0.3 is 9.88 Å². The molecule has 0 bridgehead atoms. The molecule has 0 aliphatic heterocycles. The van der Waals surface area contributed by atoms with Crippen molar-refractivity contribution in [2.24, 2.45) is 0 Å². The number of rotatable bonds is 7. The Balaban J connectivity index is 1.77. The van der Waals surface area contributed by atoms with Crippen LogP contribution in [-0.4, -0.2) is 37.6 Å². The molecule has 142 valence electrons. The van der Waals surface area contributed by atoms with E-state index >= 15 is 0 Å². The average molecular weight is 385 g/mol. The fraction of sp³-hybridized carbons (Fsp3) is 0.350. The van der Waals surface area contributed by atoms with E-state index < -0.39 is 0 Å². The zero-order valence-electron chi connectivity index (χ0n) is 15.9. The van der Waals surface area contributed by atoms with Gasteiger partial charge in [-0.15, -0.1) is 0 Å². The minimum absolute atomic E-state index is 0.0357. The van der Waals surface area contributed by atoms with Gasteiger partial charge in [-0.2, -0.15) is 0 Å². The van der Waals surface area contributed by atoms with Gasteiger partial charge in [0.05, 0.1) is 11.3 Å². The molecule has 2 heterocycles. The van der Waals surface area contributed by atoms with E-state index in [0.29, 0.717) is 35.8 Å². The van der Waals surface area contributed by atoms with E-state index in [1.165, 1.54) is 11.8 Å². The zero-order valence-corrected chi connectivity index (χ0v) is 16.7. The number of nitrogens with zero attached hydrogens (tertiary/aromatic N) is 3. The molecule has 0 saturated heterocycles. The molecule has 1 amide bonds. The van der Waals surface area contributed by atoms with Gasteiger partial charge in [-0.25, -0.2) is 4.98 Å². The van der Waals surface area contributed by atoms with E-state index in [1.54, 1.807) is 4.57 Å². The summed E-state index contributed by atoms with van der Waals surface area (Å²) in [6.07, 6.45) is 0. The summed E-state index contributed by atoms with van der Waals surface area (Å²) in [5, 5.41) is 0.582. The Kier molecular flexibility index (Phi) is 6.01. The second-order valence-electron chi connectivity index (χ2n) is 6.34. The van der Waals surface area contributed by atoms with Gasteiger partial charge in [0.15, 0.2) is 5.16 Å². The molecule has 6 nitrogen and oxygen atoms in total. The first-order valence-electron chi connectivity index (χ1n) is 9.08. The van der Waals surface area contributed by atoms with Crippen LogP contribution in [0.2, 0.25) is 0 Å². The molecule has 2 aromatic heterocycles. The number of fused-ring (bicyclic) bond motifs is 1. The predicted molar refractivity (Wildman–Crippen MR) is 109 cm³/mol. The third kappa shape index (κ3) is 4.24. The monoisotopic (exact) mass is 384 g/mol. The van der Waals surface area contributed by atoms with Gasteiger partial charge in [0.25, 0.3) is 5.56 Å². The number of carbonyl (C=O) groups is 1. The number of carbonyl (C=O) groups excluding carboxylic acids is 1. The molecule has 0 aliphatic rings. The highest BCUT2D eigenvalue weighted by molar-refractivity contribution is 7.99. The van der Waals surface area contributed by atoms with Gasteiger partial charge >= 0.3 is 0 Å². The van der Waals surface area contributed by atoms with Crippen molar-refractivity contribution >= 4 is 28.7 Å². The lowest BCUT2D eigenvalue weighted by atomic mass is 10.2. The van der Waals surface area contributed by atoms with Crippen LogP contribution in [-0.2, 0) is 17.9 Å². The van der Waals surface area contributed by atoms with Gasteiger partial charge in [0.1, 0.15) is 5.52 Å². The SMILES string of the molecule is CCN(Cc1ccccc1)C(=O)CSc1nc2cc(C)[nH]c2c(=O)n1CC. The Bertz CT molecular complexity index is 994. The molecule has 3 rings (SSSR count). The van der Waals surface area contributed by atoms with Crippen LogP contribution in [0.3, 0.4) is 0 Å². The van der Waals surface area contributed by atoms with Crippen LogP contribution in [0.25, 0.3) is 11.0 Å². The first-order valence-corrected chi connectivity index (χ1v) is 10.1. The highest BCUT2D eigenvalue weighted by Crippen LogP contribution is 2.19. The Labute approximate surface area is 162 Å². The molecular formula is C20H24N4O2S. The van der Waals surface area contributed by atoms with Crippen molar-refractivity contribution in [1.29, 1.82) is 0 Å². The molecular weight excluding hydrogens is 360 g/mol. The maximum Gasteiger partial charge on any atom is 0.278 e. The molecule has 0 atom stereocenters.